The SMILES string of the molecule is CCCCCCCCCCCCC/C=C/[C@@H](O)[C@@H](N)COP(=O)(O)O.Cc1cc(C2CCCCC2)n(O)c(=O)c1.NCCO. The summed E-state index contributed by atoms with van der Waals surface area (Å²) < 4.78 is 15.7. The van der Waals surface area contributed by atoms with Crippen LogP contribution in [-0.4, -0.2) is 61.8 Å². The van der Waals surface area contributed by atoms with Crippen molar-refractivity contribution in [2.24, 2.45) is 11.5 Å². The lowest BCUT2D eigenvalue weighted by atomic mass is 9.86. The molecule has 2 rings (SSSR count). The average Bonchev–Trinajstić information content (AvgIpc) is 3.00. The van der Waals surface area contributed by atoms with Crippen molar-refractivity contribution in [3.63, 3.8) is 0 Å². The predicted octanol–water partition coefficient (Wildman–Crippen LogP) is 5.42. The lowest BCUT2D eigenvalue weighted by Gasteiger charge is -2.22. The number of pyridine rings is 1. The second-order valence-corrected chi connectivity index (χ2v) is 12.9. The number of allylic oxidation sites excluding steroid dienone is 1. The van der Waals surface area contributed by atoms with Crippen LogP contribution in [0.3, 0.4) is 0 Å². The normalized spacial score (nSPS) is 15.3. The summed E-state index contributed by atoms with van der Waals surface area (Å²) in [5.74, 6) is 0.358. The third kappa shape index (κ3) is 22.9. The van der Waals surface area contributed by atoms with Crippen LogP contribution >= 0.6 is 7.82 Å². The molecule has 0 unspecified atom stereocenters. The van der Waals surface area contributed by atoms with Crippen molar-refractivity contribution in [3.8, 4) is 0 Å². The molecule has 1 heterocycles. The first-order valence-electron chi connectivity index (χ1n) is 16.5. The minimum Gasteiger partial charge on any atom is -0.425 e. The topological polar surface area (TPSA) is 201 Å². The molecule has 11 nitrogen and oxygen atoms in total. The molecule has 0 amide bonds. The van der Waals surface area contributed by atoms with Gasteiger partial charge in [0.2, 0.25) is 0 Å². The van der Waals surface area contributed by atoms with Crippen LogP contribution in [0, 0.1) is 6.92 Å². The fourth-order valence-electron chi connectivity index (χ4n) is 4.99. The molecule has 0 aromatic carbocycles. The van der Waals surface area contributed by atoms with Crippen LogP contribution in [0.1, 0.15) is 133 Å². The van der Waals surface area contributed by atoms with Gasteiger partial charge in [-0.25, -0.2) is 4.57 Å². The Kier molecular flexibility index (Phi) is 25.7. The van der Waals surface area contributed by atoms with Gasteiger partial charge in [0, 0.05) is 18.5 Å². The van der Waals surface area contributed by atoms with E-state index >= 15 is 0 Å². The third-order valence-corrected chi connectivity index (χ3v) is 8.00. The number of aliphatic hydroxyl groups is 2. The molecule has 1 aliphatic rings. The van der Waals surface area contributed by atoms with E-state index in [0.29, 0.717) is 12.5 Å². The Labute approximate surface area is 264 Å². The molecule has 0 aliphatic heterocycles. The maximum Gasteiger partial charge on any atom is 0.469 e. The van der Waals surface area contributed by atoms with Crippen LogP contribution in [-0.2, 0) is 9.09 Å². The summed E-state index contributed by atoms with van der Waals surface area (Å²) in [4.78, 5) is 28.6. The van der Waals surface area contributed by atoms with Gasteiger partial charge in [-0.05, 0) is 44.2 Å². The number of phosphoric acid groups is 1. The van der Waals surface area contributed by atoms with E-state index < -0.39 is 20.0 Å². The first-order chi connectivity index (χ1) is 21.0. The number of hydrogen-bond acceptors (Lipinski definition) is 8. The lowest BCUT2D eigenvalue weighted by molar-refractivity contribution is 0.129. The Morgan fingerprint density at radius 3 is 2.02 bits per heavy atom. The Balaban J connectivity index is 0.000000813. The predicted molar refractivity (Wildman–Crippen MR) is 177 cm³/mol. The molecule has 0 saturated heterocycles. The van der Waals surface area contributed by atoms with Gasteiger partial charge >= 0.3 is 7.82 Å². The van der Waals surface area contributed by atoms with Crippen molar-refractivity contribution in [1.82, 2.24) is 4.73 Å². The van der Waals surface area contributed by atoms with Crippen LogP contribution in [0.15, 0.2) is 29.1 Å². The molecule has 0 radical (unpaired) electrons. The highest BCUT2D eigenvalue weighted by atomic mass is 31.2. The highest BCUT2D eigenvalue weighted by Crippen LogP contribution is 2.35. The van der Waals surface area contributed by atoms with Gasteiger partial charge < -0.3 is 36.7 Å². The van der Waals surface area contributed by atoms with Crippen LogP contribution in [0.5, 0.6) is 0 Å². The number of unbranched alkanes of at least 4 members (excludes halogenated alkanes) is 11. The van der Waals surface area contributed by atoms with Gasteiger partial charge in [0.05, 0.1) is 31.1 Å². The molecule has 1 aliphatic carbocycles. The zero-order chi connectivity index (χ0) is 33.2. The number of nitrogens with two attached hydrogens (primary N) is 2. The van der Waals surface area contributed by atoms with Gasteiger partial charge in [0.1, 0.15) is 0 Å². The maximum atomic E-state index is 11.4. The molecule has 2 atom stereocenters. The largest absolute Gasteiger partial charge is 0.469 e. The zero-order valence-corrected chi connectivity index (χ0v) is 28.1. The Morgan fingerprint density at radius 1 is 1.00 bits per heavy atom. The molecule has 9 N–H and O–H groups in total. The average molecular weight is 648 g/mol. The monoisotopic (exact) mass is 647 g/mol. The van der Waals surface area contributed by atoms with Crippen LogP contribution in [0.25, 0.3) is 0 Å². The maximum absolute atomic E-state index is 11.4. The summed E-state index contributed by atoms with van der Waals surface area (Å²) in [6.45, 7) is 4.23. The number of aryl methyl sites for hydroxylation is 1. The van der Waals surface area contributed by atoms with E-state index in [1.165, 1.54) is 89.5 Å². The standard InChI is InChI=1S/C18H38NO5P.C12H17NO2.C2H7NO/c1-2-3-4-5-6-7-8-9-10-11-12-13-14-15-18(20)17(19)16-24-25(21,22)23;1-9-7-11(13(15)12(14)8-9)10-5-3-2-4-6-10;3-1-2-4/h14-15,17-18,20H,2-13,16,19H2,1H3,(H2,21,22,23);7-8,10,15H,2-6H2,1H3;4H,1-3H2/b15-14+;;/t17-,18+;;/m0../s1. The molecular formula is C32H62N3O8P. The third-order valence-electron chi connectivity index (χ3n) is 7.51. The van der Waals surface area contributed by atoms with Crippen molar-refractivity contribution in [2.75, 3.05) is 19.8 Å². The number of rotatable bonds is 19. The van der Waals surface area contributed by atoms with Crippen molar-refractivity contribution in [3.05, 3.63) is 45.9 Å². The number of aromatic nitrogens is 1. The Morgan fingerprint density at radius 2 is 1.52 bits per heavy atom. The van der Waals surface area contributed by atoms with Crippen LogP contribution in [0.4, 0.5) is 0 Å². The molecule has 1 fully saturated rings. The van der Waals surface area contributed by atoms with Crippen molar-refractivity contribution in [1.29, 1.82) is 0 Å². The summed E-state index contributed by atoms with van der Waals surface area (Å²) in [5.41, 5.74) is 11.8. The molecule has 258 valence electrons. The smallest absolute Gasteiger partial charge is 0.425 e. The number of nitrogens with zero attached hydrogens (tertiary/aromatic N) is 1. The molecule has 12 heteroatoms. The van der Waals surface area contributed by atoms with Gasteiger partial charge in [-0.1, -0.05) is 103 Å². The van der Waals surface area contributed by atoms with E-state index in [0.717, 1.165) is 41.7 Å². The quantitative estimate of drug-likeness (QED) is 0.0440. The van der Waals surface area contributed by atoms with Gasteiger partial charge in [-0.2, -0.15) is 4.73 Å². The molecular weight excluding hydrogens is 585 g/mol. The van der Waals surface area contributed by atoms with Gasteiger partial charge in [-0.15, -0.1) is 0 Å². The highest BCUT2D eigenvalue weighted by Gasteiger charge is 2.20. The minimum absolute atomic E-state index is 0.0972. The number of phosphoric ester groups is 1. The summed E-state index contributed by atoms with van der Waals surface area (Å²) >= 11 is 0. The van der Waals surface area contributed by atoms with Gasteiger partial charge in [-0.3, -0.25) is 9.32 Å². The minimum atomic E-state index is -4.53. The molecule has 0 bridgehead atoms. The fourth-order valence-corrected chi connectivity index (χ4v) is 5.36. The van der Waals surface area contributed by atoms with Crippen LogP contribution in [0.2, 0.25) is 0 Å². The van der Waals surface area contributed by atoms with Crippen molar-refractivity contribution in [2.45, 2.75) is 141 Å². The second-order valence-electron chi connectivity index (χ2n) is 11.6. The highest BCUT2D eigenvalue weighted by molar-refractivity contribution is 7.46. The summed E-state index contributed by atoms with van der Waals surface area (Å²) in [7, 11) is -4.53. The molecule has 44 heavy (non-hydrogen) atoms. The number of aliphatic hydroxyl groups excluding tert-OH is 2. The summed E-state index contributed by atoms with van der Waals surface area (Å²) in [6, 6.07) is 2.55. The fraction of sp³-hybridized carbons (Fsp3) is 0.781. The first kappa shape index (κ1) is 42.4. The van der Waals surface area contributed by atoms with Gasteiger partial charge in [0.15, 0.2) is 0 Å². The van der Waals surface area contributed by atoms with E-state index in [-0.39, 0.29) is 18.8 Å². The van der Waals surface area contributed by atoms with E-state index in [2.05, 4.69) is 11.4 Å². The molecule has 1 aromatic heterocycles. The molecule has 1 aromatic rings. The Hall–Kier alpha value is -1.56. The van der Waals surface area contributed by atoms with Crippen molar-refractivity contribution >= 4 is 7.82 Å². The van der Waals surface area contributed by atoms with E-state index in [1.807, 2.05) is 19.1 Å². The summed E-state index contributed by atoms with van der Waals surface area (Å²) in [5, 5.41) is 27.2. The van der Waals surface area contributed by atoms with Crippen LogP contribution < -0.4 is 17.0 Å². The van der Waals surface area contributed by atoms with E-state index in [4.69, 9.17) is 26.4 Å². The number of hydrogen-bond donors (Lipinski definition) is 7. The second kappa shape index (κ2) is 26.6. The zero-order valence-electron chi connectivity index (χ0n) is 27.2. The molecule has 1 saturated carbocycles. The van der Waals surface area contributed by atoms with E-state index in [1.54, 1.807) is 6.08 Å². The summed E-state index contributed by atoms with van der Waals surface area (Å²) in [6.07, 6.45) is 23.5. The first-order valence-corrected chi connectivity index (χ1v) is 18.0. The lowest BCUT2D eigenvalue weighted by Crippen LogP contribution is -2.37. The van der Waals surface area contributed by atoms with Crippen molar-refractivity contribution < 1.29 is 34.3 Å². The van der Waals surface area contributed by atoms with Gasteiger partial charge in [0.25, 0.3) is 5.56 Å². The Bertz CT molecular complexity index is 961. The van der Waals surface area contributed by atoms with E-state index in [9.17, 15) is 19.7 Å². The molecule has 0 spiro atoms.